The van der Waals surface area contributed by atoms with E-state index in [1.807, 2.05) is 45.0 Å². The number of H-pyrrole nitrogens is 1. The van der Waals surface area contributed by atoms with E-state index in [9.17, 15) is 4.79 Å². The Bertz CT molecular complexity index is 579. The second-order valence-electron chi connectivity index (χ2n) is 5.23. The number of carbonyl (C=O) groups excluding carboxylic acids is 1. The molecule has 0 aliphatic carbocycles. The number of hydrogen-bond acceptors (Lipinski definition) is 3. The van der Waals surface area contributed by atoms with Crippen molar-refractivity contribution in [2.24, 2.45) is 5.73 Å². The van der Waals surface area contributed by atoms with E-state index in [0.29, 0.717) is 12.2 Å². The molecule has 4 heteroatoms. The van der Waals surface area contributed by atoms with Crippen LogP contribution in [0.3, 0.4) is 0 Å². The first-order valence-electron chi connectivity index (χ1n) is 5.95. The smallest absolute Gasteiger partial charge is 0.355 e. The third kappa shape index (κ3) is 2.38. The number of ether oxygens (including phenoxy) is 1. The molecule has 0 radical (unpaired) electrons. The number of benzene rings is 1. The minimum atomic E-state index is -0.514. The average molecular weight is 246 g/mol. The number of para-hydroxylation sites is 1. The lowest BCUT2D eigenvalue weighted by atomic mass is 10.1. The molecule has 0 unspecified atom stereocenters. The van der Waals surface area contributed by atoms with Crippen molar-refractivity contribution in [3.8, 4) is 0 Å². The van der Waals surface area contributed by atoms with Crippen molar-refractivity contribution in [3.63, 3.8) is 0 Å². The molecular formula is C14H18N2O2. The molecule has 2 aromatic rings. The van der Waals surface area contributed by atoms with Crippen LogP contribution < -0.4 is 5.73 Å². The molecule has 96 valence electrons. The number of fused-ring (bicyclic) bond motifs is 1. The highest BCUT2D eigenvalue weighted by Crippen LogP contribution is 2.23. The molecule has 3 N–H and O–H groups in total. The van der Waals surface area contributed by atoms with Crippen molar-refractivity contribution in [1.82, 2.24) is 4.98 Å². The van der Waals surface area contributed by atoms with Gasteiger partial charge in [-0.05, 0) is 26.8 Å². The van der Waals surface area contributed by atoms with Crippen molar-refractivity contribution < 1.29 is 9.53 Å². The largest absolute Gasteiger partial charge is 0.455 e. The first-order valence-corrected chi connectivity index (χ1v) is 5.95. The van der Waals surface area contributed by atoms with Crippen LogP contribution in [0.1, 0.15) is 36.8 Å². The molecule has 0 aliphatic rings. The first kappa shape index (κ1) is 12.6. The maximum absolute atomic E-state index is 12.1. The van der Waals surface area contributed by atoms with E-state index in [-0.39, 0.29) is 5.97 Å². The van der Waals surface area contributed by atoms with Crippen LogP contribution in [0.5, 0.6) is 0 Å². The summed E-state index contributed by atoms with van der Waals surface area (Å²) < 4.78 is 5.37. The number of carbonyl (C=O) groups is 1. The van der Waals surface area contributed by atoms with Gasteiger partial charge >= 0.3 is 5.97 Å². The lowest BCUT2D eigenvalue weighted by Gasteiger charge is -2.19. The summed E-state index contributed by atoms with van der Waals surface area (Å²) in [7, 11) is 0. The predicted octanol–water partition coefficient (Wildman–Crippen LogP) is 2.58. The van der Waals surface area contributed by atoms with Crippen LogP contribution in [0.25, 0.3) is 10.9 Å². The maximum Gasteiger partial charge on any atom is 0.355 e. The second kappa shape index (κ2) is 4.46. The summed E-state index contributed by atoms with van der Waals surface area (Å²) in [5.74, 6) is -0.362. The minimum absolute atomic E-state index is 0.304. The van der Waals surface area contributed by atoms with Crippen LogP contribution >= 0.6 is 0 Å². The van der Waals surface area contributed by atoms with Crippen molar-refractivity contribution >= 4 is 16.9 Å². The van der Waals surface area contributed by atoms with Gasteiger partial charge in [0.05, 0.1) is 0 Å². The molecule has 0 aliphatic heterocycles. The molecule has 1 aromatic carbocycles. The standard InChI is InChI=1S/C14H18N2O2/c1-14(2,3)18-13(17)12-10(8-15)9-6-4-5-7-11(9)16-12/h4-7,16H,8,15H2,1-3H3. The Balaban J connectivity index is 2.47. The van der Waals surface area contributed by atoms with Gasteiger partial charge in [0.1, 0.15) is 11.3 Å². The zero-order valence-electron chi connectivity index (χ0n) is 10.9. The van der Waals surface area contributed by atoms with Crippen molar-refractivity contribution in [1.29, 1.82) is 0 Å². The van der Waals surface area contributed by atoms with Crippen LogP contribution in [-0.4, -0.2) is 16.6 Å². The number of nitrogens with one attached hydrogen (secondary N) is 1. The molecule has 1 heterocycles. The zero-order chi connectivity index (χ0) is 13.3. The van der Waals surface area contributed by atoms with E-state index in [2.05, 4.69) is 4.98 Å². The van der Waals surface area contributed by atoms with E-state index in [1.165, 1.54) is 0 Å². The third-order valence-electron chi connectivity index (χ3n) is 2.62. The fraction of sp³-hybridized carbons (Fsp3) is 0.357. The molecule has 0 bridgehead atoms. The summed E-state index contributed by atoms with van der Waals surface area (Å²) >= 11 is 0. The molecular weight excluding hydrogens is 228 g/mol. The Kier molecular flexibility index (Phi) is 3.13. The maximum atomic E-state index is 12.1. The van der Waals surface area contributed by atoms with Crippen LogP contribution in [0.15, 0.2) is 24.3 Å². The van der Waals surface area contributed by atoms with E-state index < -0.39 is 5.60 Å². The van der Waals surface area contributed by atoms with Gasteiger partial charge in [0.15, 0.2) is 0 Å². The van der Waals surface area contributed by atoms with Gasteiger partial charge < -0.3 is 15.5 Å². The number of aromatic nitrogens is 1. The highest BCUT2D eigenvalue weighted by Gasteiger charge is 2.22. The summed E-state index contributed by atoms with van der Waals surface area (Å²) in [4.78, 5) is 15.2. The van der Waals surface area contributed by atoms with Crippen LogP contribution in [0.2, 0.25) is 0 Å². The number of nitrogens with two attached hydrogens (primary N) is 1. The Morgan fingerprint density at radius 2 is 2.00 bits per heavy atom. The van der Waals surface area contributed by atoms with Gasteiger partial charge in [-0.1, -0.05) is 18.2 Å². The van der Waals surface area contributed by atoms with E-state index in [1.54, 1.807) is 0 Å². The van der Waals surface area contributed by atoms with Gasteiger partial charge in [-0.15, -0.1) is 0 Å². The summed E-state index contributed by atoms with van der Waals surface area (Å²) in [5, 5.41) is 0.973. The quantitative estimate of drug-likeness (QED) is 0.800. The van der Waals surface area contributed by atoms with Crippen molar-refractivity contribution in [2.75, 3.05) is 0 Å². The molecule has 4 nitrogen and oxygen atoms in total. The molecule has 0 saturated carbocycles. The fourth-order valence-electron chi connectivity index (χ4n) is 1.92. The van der Waals surface area contributed by atoms with Gasteiger partial charge in [0.25, 0.3) is 0 Å². The molecule has 18 heavy (non-hydrogen) atoms. The predicted molar refractivity (Wildman–Crippen MR) is 71.4 cm³/mol. The van der Waals surface area contributed by atoms with Gasteiger partial charge in [-0.25, -0.2) is 4.79 Å². The molecule has 0 saturated heterocycles. The normalized spacial score (nSPS) is 11.8. The van der Waals surface area contributed by atoms with Gasteiger partial charge in [0, 0.05) is 23.0 Å². The summed E-state index contributed by atoms with van der Waals surface area (Å²) in [6, 6.07) is 7.70. The Morgan fingerprint density at radius 1 is 1.33 bits per heavy atom. The van der Waals surface area contributed by atoms with E-state index in [0.717, 1.165) is 16.5 Å². The van der Waals surface area contributed by atoms with Crippen LogP contribution in [0, 0.1) is 0 Å². The average Bonchev–Trinajstić information content (AvgIpc) is 2.65. The van der Waals surface area contributed by atoms with Gasteiger partial charge in [-0.2, -0.15) is 0 Å². The molecule has 1 aromatic heterocycles. The van der Waals surface area contributed by atoms with Gasteiger partial charge in [0.2, 0.25) is 0 Å². The lowest BCUT2D eigenvalue weighted by molar-refractivity contribution is 0.00627. The summed E-state index contributed by atoms with van der Waals surface area (Å²) in [6.07, 6.45) is 0. The molecule has 0 spiro atoms. The summed E-state index contributed by atoms with van der Waals surface area (Å²) in [5.41, 5.74) is 7.38. The van der Waals surface area contributed by atoms with E-state index in [4.69, 9.17) is 10.5 Å². The lowest BCUT2D eigenvalue weighted by Crippen LogP contribution is -2.25. The Hall–Kier alpha value is -1.81. The molecule has 2 rings (SSSR count). The van der Waals surface area contributed by atoms with Gasteiger partial charge in [-0.3, -0.25) is 0 Å². The summed E-state index contributed by atoms with van der Waals surface area (Å²) in [6.45, 7) is 5.83. The first-order chi connectivity index (χ1) is 8.42. The highest BCUT2D eigenvalue weighted by molar-refractivity contribution is 5.98. The van der Waals surface area contributed by atoms with E-state index >= 15 is 0 Å². The SMILES string of the molecule is CC(C)(C)OC(=O)c1[nH]c2ccccc2c1CN. The number of rotatable bonds is 2. The third-order valence-corrected chi connectivity index (χ3v) is 2.62. The zero-order valence-corrected chi connectivity index (χ0v) is 10.9. The van der Waals surface area contributed by atoms with Crippen LogP contribution in [0.4, 0.5) is 0 Å². The molecule has 0 amide bonds. The second-order valence-corrected chi connectivity index (χ2v) is 5.23. The van der Waals surface area contributed by atoms with Crippen molar-refractivity contribution in [2.45, 2.75) is 32.9 Å². The molecule has 0 fully saturated rings. The van der Waals surface area contributed by atoms with Crippen LogP contribution in [-0.2, 0) is 11.3 Å². The Morgan fingerprint density at radius 3 is 2.61 bits per heavy atom. The number of aromatic amines is 1. The highest BCUT2D eigenvalue weighted by atomic mass is 16.6. The van der Waals surface area contributed by atoms with Crippen molar-refractivity contribution in [3.05, 3.63) is 35.5 Å². The molecule has 0 atom stereocenters. The Labute approximate surface area is 106 Å². The minimum Gasteiger partial charge on any atom is -0.455 e. The monoisotopic (exact) mass is 246 g/mol. The number of hydrogen-bond donors (Lipinski definition) is 2. The number of esters is 1. The topological polar surface area (TPSA) is 68.1 Å². The fourth-order valence-corrected chi connectivity index (χ4v) is 1.92.